The lowest BCUT2D eigenvalue weighted by atomic mass is 9.85. The van der Waals surface area contributed by atoms with Gasteiger partial charge in [-0.05, 0) is 55.9 Å². The molecular formula is C30H29F4N3O6S. The fourth-order valence-electron chi connectivity index (χ4n) is 5.68. The Balaban J connectivity index is 1.49. The van der Waals surface area contributed by atoms with Crippen LogP contribution in [-0.4, -0.2) is 52.4 Å². The maximum absolute atomic E-state index is 14.7. The van der Waals surface area contributed by atoms with E-state index < -0.39 is 73.0 Å². The van der Waals surface area contributed by atoms with Gasteiger partial charge in [0.1, 0.15) is 17.4 Å². The smallest absolute Gasteiger partial charge is 0.339 e. The first-order valence-electron chi connectivity index (χ1n) is 14.0. The summed E-state index contributed by atoms with van der Waals surface area (Å²) >= 11 is 0. The Kier molecular flexibility index (Phi) is 8.67. The molecule has 0 radical (unpaired) electrons. The number of aromatic carboxylic acids is 1. The third kappa shape index (κ3) is 5.63. The van der Waals surface area contributed by atoms with E-state index in [9.17, 15) is 45.8 Å². The van der Waals surface area contributed by atoms with E-state index >= 15 is 0 Å². The number of nitrogens with zero attached hydrogens (tertiary/aromatic N) is 3. The van der Waals surface area contributed by atoms with Gasteiger partial charge in [-0.2, -0.15) is 4.31 Å². The van der Waals surface area contributed by atoms with E-state index in [0.29, 0.717) is 15.9 Å². The Bertz CT molecular complexity index is 1700. The molecule has 1 atom stereocenters. The van der Waals surface area contributed by atoms with Crippen LogP contribution in [0.2, 0.25) is 0 Å². The van der Waals surface area contributed by atoms with Crippen molar-refractivity contribution in [1.82, 2.24) is 9.29 Å². The van der Waals surface area contributed by atoms with Gasteiger partial charge in [-0.25, -0.2) is 30.8 Å². The van der Waals surface area contributed by atoms with Crippen molar-refractivity contribution in [3.63, 3.8) is 0 Å². The van der Waals surface area contributed by atoms with Crippen molar-refractivity contribution in [2.75, 3.05) is 11.4 Å². The second-order valence-electron chi connectivity index (χ2n) is 11.0. The molecule has 9 nitrogen and oxygen atoms in total. The fourth-order valence-corrected chi connectivity index (χ4v) is 7.42. The molecule has 1 amide bonds. The molecule has 14 heteroatoms. The molecule has 2 N–H and O–H groups in total. The predicted molar refractivity (Wildman–Crippen MR) is 150 cm³/mol. The average Bonchev–Trinajstić information content (AvgIpc) is 2.97. The van der Waals surface area contributed by atoms with Crippen LogP contribution < -0.4 is 4.90 Å². The number of aromatic hydroxyl groups is 1. The monoisotopic (exact) mass is 635 g/mol. The summed E-state index contributed by atoms with van der Waals surface area (Å²) in [5, 5.41) is 19.6. The molecule has 0 unspecified atom stereocenters. The molecule has 2 heterocycles. The number of halogens is 4. The molecule has 1 aliphatic heterocycles. The zero-order chi connectivity index (χ0) is 31.9. The van der Waals surface area contributed by atoms with Gasteiger partial charge in [-0.15, -0.1) is 0 Å². The quantitative estimate of drug-likeness (QED) is 0.251. The van der Waals surface area contributed by atoms with Gasteiger partial charge in [0.2, 0.25) is 15.9 Å². The molecule has 2 fully saturated rings. The number of rotatable bonds is 8. The Hall–Kier alpha value is -4.04. The van der Waals surface area contributed by atoms with Crippen molar-refractivity contribution in [1.29, 1.82) is 0 Å². The number of amides is 1. The van der Waals surface area contributed by atoms with Crippen LogP contribution in [0.3, 0.4) is 0 Å². The van der Waals surface area contributed by atoms with E-state index in [1.54, 1.807) is 12.3 Å². The zero-order valence-corrected chi connectivity index (χ0v) is 24.4. The molecule has 2 aliphatic rings. The lowest BCUT2D eigenvalue weighted by Gasteiger charge is -2.41. The van der Waals surface area contributed by atoms with E-state index in [0.717, 1.165) is 55.2 Å². The van der Waals surface area contributed by atoms with E-state index in [4.69, 9.17) is 0 Å². The lowest BCUT2D eigenvalue weighted by Crippen LogP contribution is -2.59. The van der Waals surface area contributed by atoms with Gasteiger partial charge in [0.05, 0.1) is 12.2 Å². The molecule has 3 aromatic rings. The Labute approximate surface area is 250 Å². The van der Waals surface area contributed by atoms with E-state index in [2.05, 4.69) is 4.98 Å². The number of pyridine rings is 1. The van der Waals surface area contributed by atoms with Crippen LogP contribution in [0, 0.1) is 30.2 Å². The second-order valence-corrected chi connectivity index (χ2v) is 12.8. The summed E-state index contributed by atoms with van der Waals surface area (Å²) in [7, 11) is -5.24. The maximum Gasteiger partial charge on any atom is 0.339 e. The topological polar surface area (TPSA) is 128 Å². The number of aromatic nitrogens is 1. The molecule has 5 rings (SSSR count). The number of hydrogen-bond donors (Lipinski definition) is 2. The fraction of sp³-hybridized carbons (Fsp3) is 0.367. The minimum absolute atomic E-state index is 0.00955. The first kappa shape index (κ1) is 31.4. The summed E-state index contributed by atoms with van der Waals surface area (Å²) in [6.07, 6.45) is 7.06. The van der Waals surface area contributed by atoms with E-state index in [-0.39, 0.29) is 25.2 Å². The lowest BCUT2D eigenvalue weighted by molar-refractivity contribution is -0.125. The van der Waals surface area contributed by atoms with Gasteiger partial charge >= 0.3 is 5.97 Å². The minimum Gasteiger partial charge on any atom is -0.507 e. The first-order valence-corrected chi connectivity index (χ1v) is 15.4. The summed E-state index contributed by atoms with van der Waals surface area (Å²) in [5.41, 5.74) is -0.0723. The Morgan fingerprint density at radius 1 is 0.977 bits per heavy atom. The zero-order valence-electron chi connectivity index (χ0n) is 23.6. The Morgan fingerprint density at radius 3 is 2.16 bits per heavy atom. The van der Waals surface area contributed by atoms with Crippen molar-refractivity contribution < 1.29 is 45.8 Å². The van der Waals surface area contributed by atoms with Crippen LogP contribution in [-0.2, 0) is 21.4 Å². The van der Waals surface area contributed by atoms with E-state index in [1.807, 2.05) is 6.07 Å². The minimum atomic E-state index is -5.24. The van der Waals surface area contributed by atoms with Crippen molar-refractivity contribution >= 4 is 27.6 Å². The third-order valence-corrected chi connectivity index (χ3v) is 10.2. The van der Waals surface area contributed by atoms with Gasteiger partial charge in [0.25, 0.3) is 0 Å². The number of carbonyl (C=O) groups excluding carboxylic acids is 1. The van der Waals surface area contributed by atoms with Gasteiger partial charge < -0.3 is 15.1 Å². The van der Waals surface area contributed by atoms with E-state index in [1.165, 1.54) is 12.5 Å². The Morgan fingerprint density at radius 2 is 1.64 bits per heavy atom. The van der Waals surface area contributed by atoms with Crippen LogP contribution in [0.25, 0.3) is 0 Å². The number of anilines is 1. The number of carboxylic acids is 1. The van der Waals surface area contributed by atoms with Crippen LogP contribution in [0.1, 0.15) is 71.6 Å². The number of hydrogen-bond acceptors (Lipinski definition) is 6. The molecular weight excluding hydrogens is 606 g/mol. The predicted octanol–water partition coefficient (Wildman–Crippen LogP) is 5.39. The number of phenols is 1. The van der Waals surface area contributed by atoms with Crippen molar-refractivity contribution in [2.24, 2.45) is 0 Å². The number of sulfonamides is 1. The highest BCUT2D eigenvalue weighted by molar-refractivity contribution is 7.89. The molecule has 1 saturated heterocycles. The summed E-state index contributed by atoms with van der Waals surface area (Å²) in [4.78, 5) is 29.0. The second kappa shape index (κ2) is 12.2. The largest absolute Gasteiger partial charge is 0.507 e. The maximum atomic E-state index is 14.7. The first-order chi connectivity index (χ1) is 20.8. The van der Waals surface area contributed by atoms with Gasteiger partial charge in [0, 0.05) is 30.1 Å². The van der Waals surface area contributed by atoms with Crippen LogP contribution in [0.5, 0.6) is 5.75 Å². The number of benzene rings is 2. The molecule has 0 spiro atoms. The van der Waals surface area contributed by atoms with Crippen LogP contribution in [0.15, 0.2) is 41.4 Å². The van der Waals surface area contributed by atoms with Crippen molar-refractivity contribution in [3.8, 4) is 5.75 Å². The molecule has 2 aromatic carbocycles. The molecule has 234 valence electrons. The summed E-state index contributed by atoms with van der Waals surface area (Å²) in [6.45, 7) is 0.137. The van der Waals surface area contributed by atoms with Gasteiger partial charge in [-0.1, -0.05) is 25.3 Å². The van der Waals surface area contributed by atoms with Crippen molar-refractivity contribution in [3.05, 3.63) is 82.2 Å². The van der Waals surface area contributed by atoms with Crippen molar-refractivity contribution in [2.45, 2.75) is 68.8 Å². The average molecular weight is 636 g/mol. The highest BCUT2D eigenvalue weighted by Gasteiger charge is 2.47. The molecule has 1 aromatic heterocycles. The van der Waals surface area contributed by atoms with Gasteiger partial charge in [-0.3, -0.25) is 9.78 Å². The number of carboxylic acid groups (broad SMARTS) is 1. The highest BCUT2D eigenvalue weighted by Crippen LogP contribution is 2.36. The number of carbonyl (C=O) groups is 2. The molecule has 1 saturated carbocycles. The van der Waals surface area contributed by atoms with Crippen LogP contribution in [0.4, 0.5) is 23.2 Å². The summed E-state index contributed by atoms with van der Waals surface area (Å²) in [6, 6.07) is 5.36. The third-order valence-electron chi connectivity index (χ3n) is 8.30. The SMILES string of the molecule is Cc1c(F)c(F)c(S(=O)(=O)N2CC[C@@H]2C(=O)N(Cc2ccc(C3CCCCC3)cn2)c2ccc(C(=O)O)c(O)c2)c(F)c1F. The molecule has 44 heavy (non-hydrogen) atoms. The summed E-state index contributed by atoms with van der Waals surface area (Å²) < 4.78 is 85.0. The highest BCUT2D eigenvalue weighted by atomic mass is 32.2. The van der Waals surface area contributed by atoms with Gasteiger partial charge in [0.15, 0.2) is 28.2 Å². The standard InChI is InChI=1S/C30H29F4N3O6S/c1-16-24(31)26(33)28(27(34)25(16)32)44(42,43)37-12-11-22(37)29(39)36(20-9-10-21(30(40)41)23(38)13-20)15-19-8-7-18(14-35-19)17-5-3-2-4-6-17/h7-10,13-14,17,22,38H,2-6,11-12,15H2,1H3,(H,40,41)/t22-/m1/s1. The van der Waals surface area contributed by atoms with Crippen LogP contribution >= 0.6 is 0 Å². The molecule has 0 bridgehead atoms. The summed E-state index contributed by atoms with van der Waals surface area (Å²) in [5.74, 6) is -10.6. The normalized spacial score (nSPS) is 17.7. The molecule has 1 aliphatic carbocycles.